The van der Waals surface area contributed by atoms with Gasteiger partial charge in [-0.05, 0) is 24.8 Å². The molecule has 0 saturated carbocycles. The monoisotopic (exact) mass is 297 g/mol. The van der Waals surface area contributed by atoms with Gasteiger partial charge in [-0.3, -0.25) is 4.79 Å². The molecule has 0 fully saturated rings. The molecule has 0 radical (unpaired) electrons. The summed E-state index contributed by atoms with van der Waals surface area (Å²) in [6, 6.07) is 0. The van der Waals surface area contributed by atoms with Crippen LogP contribution in [0.15, 0.2) is 5.38 Å². The van der Waals surface area contributed by atoms with Crippen molar-refractivity contribution in [2.75, 3.05) is 11.9 Å². The SMILES string of the molecule is CC(C)CC(CN)CC(=O)Nc1nc(C(C)(C)C)cs1. The van der Waals surface area contributed by atoms with Gasteiger partial charge in [0.05, 0.1) is 5.69 Å². The first kappa shape index (κ1) is 17.1. The molecule has 0 saturated heterocycles. The number of anilines is 1. The maximum atomic E-state index is 12.0. The van der Waals surface area contributed by atoms with E-state index in [0.29, 0.717) is 24.0 Å². The molecule has 5 heteroatoms. The fourth-order valence-electron chi connectivity index (χ4n) is 2.04. The number of nitrogens with two attached hydrogens (primary N) is 1. The quantitative estimate of drug-likeness (QED) is 0.845. The number of aromatic nitrogens is 1. The average Bonchev–Trinajstić information content (AvgIpc) is 2.75. The molecule has 1 atom stereocenters. The molecule has 114 valence electrons. The number of thiazole rings is 1. The first-order chi connectivity index (χ1) is 9.22. The molecule has 20 heavy (non-hydrogen) atoms. The van der Waals surface area contributed by atoms with Gasteiger partial charge in [-0.25, -0.2) is 4.98 Å². The summed E-state index contributed by atoms with van der Waals surface area (Å²) in [4.78, 5) is 16.5. The molecular weight excluding hydrogens is 270 g/mol. The first-order valence-electron chi connectivity index (χ1n) is 7.18. The maximum absolute atomic E-state index is 12.0. The second-order valence-corrected chi connectivity index (χ2v) is 7.63. The highest BCUT2D eigenvalue weighted by molar-refractivity contribution is 7.13. The van der Waals surface area contributed by atoms with Crippen LogP contribution in [0.4, 0.5) is 5.13 Å². The normalized spacial score (nSPS) is 13.6. The molecule has 1 rings (SSSR count). The molecule has 0 aliphatic carbocycles. The lowest BCUT2D eigenvalue weighted by atomic mass is 9.93. The van der Waals surface area contributed by atoms with Crippen molar-refractivity contribution in [3.63, 3.8) is 0 Å². The van der Waals surface area contributed by atoms with E-state index in [9.17, 15) is 4.79 Å². The van der Waals surface area contributed by atoms with Crippen LogP contribution in [-0.4, -0.2) is 17.4 Å². The minimum atomic E-state index is 0.0101. The molecule has 1 aromatic heterocycles. The van der Waals surface area contributed by atoms with Crippen molar-refractivity contribution < 1.29 is 4.79 Å². The summed E-state index contributed by atoms with van der Waals surface area (Å²) in [5.41, 5.74) is 6.75. The molecule has 0 aliphatic heterocycles. The largest absolute Gasteiger partial charge is 0.330 e. The second-order valence-electron chi connectivity index (χ2n) is 6.77. The number of hydrogen-bond acceptors (Lipinski definition) is 4. The highest BCUT2D eigenvalue weighted by Gasteiger charge is 2.19. The van der Waals surface area contributed by atoms with Crippen LogP contribution < -0.4 is 11.1 Å². The molecule has 1 amide bonds. The smallest absolute Gasteiger partial charge is 0.226 e. The van der Waals surface area contributed by atoms with E-state index < -0.39 is 0 Å². The molecule has 1 heterocycles. The number of nitrogens with one attached hydrogen (secondary N) is 1. The van der Waals surface area contributed by atoms with Crippen molar-refractivity contribution >= 4 is 22.4 Å². The zero-order valence-electron chi connectivity index (χ0n) is 13.2. The molecule has 0 aromatic carbocycles. The Morgan fingerprint density at radius 2 is 2.10 bits per heavy atom. The summed E-state index contributed by atoms with van der Waals surface area (Å²) in [6.07, 6.45) is 1.45. The number of hydrogen-bond donors (Lipinski definition) is 2. The standard InChI is InChI=1S/C15H27N3OS/c1-10(2)6-11(8-16)7-13(19)18-14-17-12(9-20-14)15(3,4)5/h9-11H,6-8,16H2,1-5H3,(H,17,18,19). The van der Waals surface area contributed by atoms with Crippen molar-refractivity contribution in [1.82, 2.24) is 4.98 Å². The minimum Gasteiger partial charge on any atom is -0.330 e. The predicted molar refractivity (Wildman–Crippen MR) is 86.1 cm³/mol. The third-order valence-electron chi connectivity index (χ3n) is 3.13. The zero-order valence-corrected chi connectivity index (χ0v) is 14.0. The molecule has 0 spiro atoms. The third kappa shape index (κ3) is 5.59. The van der Waals surface area contributed by atoms with Gasteiger partial charge >= 0.3 is 0 Å². The molecule has 4 nitrogen and oxygen atoms in total. The van der Waals surface area contributed by atoms with E-state index in [1.54, 1.807) is 0 Å². The van der Waals surface area contributed by atoms with Crippen LogP contribution in [0.5, 0.6) is 0 Å². The van der Waals surface area contributed by atoms with Gasteiger partial charge in [0.1, 0.15) is 0 Å². The number of rotatable bonds is 6. The van der Waals surface area contributed by atoms with Gasteiger partial charge in [-0.2, -0.15) is 0 Å². The van der Waals surface area contributed by atoms with E-state index in [1.807, 2.05) is 5.38 Å². The number of carbonyl (C=O) groups is 1. The predicted octanol–water partition coefficient (Wildman–Crippen LogP) is 3.39. The Morgan fingerprint density at radius 1 is 1.45 bits per heavy atom. The average molecular weight is 297 g/mol. The fraction of sp³-hybridized carbons (Fsp3) is 0.733. The summed E-state index contributed by atoms with van der Waals surface area (Å²) < 4.78 is 0. The molecule has 3 N–H and O–H groups in total. The Hall–Kier alpha value is -0.940. The van der Waals surface area contributed by atoms with Crippen LogP contribution in [0.2, 0.25) is 0 Å². The Labute approximate surface area is 126 Å². The number of nitrogens with zero attached hydrogens (tertiary/aromatic N) is 1. The summed E-state index contributed by atoms with van der Waals surface area (Å²) in [5, 5.41) is 5.57. The van der Waals surface area contributed by atoms with Gasteiger partial charge in [0.25, 0.3) is 0 Å². The van der Waals surface area contributed by atoms with Crippen LogP contribution in [0, 0.1) is 11.8 Å². The van der Waals surface area contributed by atoms with Gasteiger partial charge in [0.2, 0.25) is 5.91 Å². The summed E-state index contributed by atoms with van der Waals surface area (Å²) >= 11 is 1.48. The molecule has 1 unspecified atom stereocenters. The van der Waals surface area contributed by atoms with E-state index in [1.165, 1.54) is 11.3 Å². The second kappa shape index (κ2) is 7.18. The molecule has 0 bridgehead atoms. The Balaban J connectivity index is 2.55. The van der Waals surface area contributed by atoms with Crippen molar-refractivity contribution in [3.05, 3.63) is 11.1 Å². The Bertz CT molecular complexity index is 435. The van der Waals surface area contributed by atoms with Gasteiger partial charge < -0.3 is 11.1 Å². The van der Waals surface area contributed by atoms with Crippen molar-refractivity contribution in [2.45, 2.75) is 52.9 Å². The van der Waals surface area contributed by atoms with E-state index in [2.05, 4.69) is 44.9 Å². The summed E-state index contributed by atoms with van der Waals surface area (Å²) in [6.45, 7) is 11.2. The van der Waals surface area contributed by atoms with E-state index in [0.717, 1.165) is 12.1 Å². The number of carbonyl (C=O) groups excluding carboxylic acids is 1. The van der Waals surface area contributed by atoms with E-state index >= 15 is 0 Å². The Morgan fingerprint density at radius 3 is 2.55 bits per heavy atom. The molecule has 1 aromatic rings. The fourth-order valence-corrected chi connectivity index (χ4v) is 2.99. The van der Waals surface area contributed by atoms with Crippen LogP contribution in [0.25, 0.3) is 0 Å². The van der Waals surface area contributed by atoms with E-state index in [4.69, 9.17) is 5.73 Å². The molecular formula is C15H27N3OS. The maximum Gasteiger partial charge on any atom is 0.226 e. The summed E-state index contributed by atoms with van der Waals surface area (Å²) in [7, 11) is 0. The highest BCUT2D eigenvalue weighted by atomic mass is 32.1. The van der Waals surface area contributed by atoms with Crippen LogP contribution in [-0.2, 0) is 10.2 Å². The van der Waals surface area contributed by atoms with Crippen molar-refractivity contribution in [3.8, 4) is 0 Å². The van der Waals surface area contributed by atoms with Gasteiger partial charge in [0.15, 0.2) is 5.13 Å². The lowest BCUT2D eigenvalue weighted by Gasteiger charge is -2.16. The van der Waals surface area contributed by atoms with Gasteiger partial charge in [0, 0.05) is 17.2 Å². The van der Waals surface area contributed by atoms with Crippen molar-refractivity contribution in [1.29, 1.82) is 0 Å². The summed E-state index contributed by atoms with van der Waals surface area (Å²) in [5.74, 6) is 0.816. The lowest BCUT2D eigenvalue weighted by molar-refractivity contribution is -0.117. The zero-order chi connectivity index (χ0) is 15.3. The van der Waals surface area contributed by atoms with Crippen LogP contribution >= 0.6 is 11.3 Å². The first-order valence-corrected chi connectivity index (χ1v) is 8.06. The van der Waals surface area contributed by atoms with Crippen LogP contribution in [0.1, 0.15) is 53.2 Å². The topological polar surface area (TPSA) is 68.0 Å². The minimum absolute atomic E-state index is 0.0101. The van der Waals surface area contributed by atoms with Gasteiger partial charge in [-0.15, -0.1) is 11.3 Å². The third-order valence-corrected chi connectivity index (χ3v) is 3.89. The Kier molecular flexibility index (Phi) is 6.14. The van der Waals surface area contributed by atoms with Crippen LogP contribution in [0.3, 0.4) is 0 Å². The van der Waals surface area contributed by atoms with Crippen molar-refractivity contribution in [2.24, 2.45) is 17.6 Å². The number of amides is 1. The molecule has 0 aliphatic rings. The van der Waals surface area contributed by atoms with Gasteiger partial charge in [-0.1, -0.05) is 34.6 Å². The van der Waals surface area contributed by atoms with E-state index in [-0.39, 0.29) is 17.2 Å². The highest BCUT2D eigenvalue weighted by Crippen LogP contribution is 2.26. The lowest BCUT2D eigenvalue weighted by Crippen LogP contribution is -2.23.